The van der Waals surface area contributed by atoms with E-state index < -0.39 is 0 Å². The van der Waals surface area contributed by atoms with E-state index in [9.17, 15) is 0 Å². The molecule has 0 aliphatic rings. The lowest BCUT2D eigenvalue weighted by Gasteiger charge is -1.98. The zero-order valence-corrected chi connectivity index (χ0v) is 12.0. The van der Waals surface area contributed by atoms with E-state index in [0.717, 1.165) is 11.4 Å². The van der Waals surface area contributed by atoms with E-state index >= 15 is 0 Å². The van der Waals surface area contributed by atoms with Gasteiger partial charge in [0.05, 0.1) is 17.1 Å². The molecule has 2 aromatic rings. The molecule has 0 saturated carbocycles. The first-order chi connectivity index (χ1) is 8.99. The summed E-state index contributed by atoms with van der Waals surface area (Å²) in [6.07, 6.45) is 0. The summed E-state index contributed by atoms with van der Waals surface area (Å²) in [6, 6.07) is 7.14. The molecule has 1 heterocycles. The van der Waals surface area contributed by atoms with Gasteiger partial charge in [0.15, 0.2) is 5.11 Å². The van der Waals surface area contributed by atoms with Gasteiger partial charge in [-0.25, -0.2) is 4.68 Å². The molecule has 19 heavy (non-hydrogen) atoms. The molecule has 2 N–H and O–H groups in total. The van der Waals surface area contributed by atoms with Crippen LogP contribution < -0.4 is 5.73 Å². The molecular weight excluding hydrogens is 282 g/mol. The number of nitrogens with zero attached hydrogens (tertiary/aromatic N) is 4. The third-order valence-corrected chi connectivity index (χ3v) is 2.94. The Bertz CT molecular complexity index is 662. The van der Waals surface area contributed by atoms with Crippen LogP contribution in [0.5, 0.6) is 0 Å². The summed E-state index contributed by atoms with van der Waals surface area (Å²) >= 11 is 10.8. The Morgan fingerprint density at radius 2 is 2.11 bits per heavy atom. The van der Waals surface area contributed by atoms with Crippen LogP contribution in [-0.2, 0) is 0 Å². The summed E-state index contributed by atoms with van der Waals surface area (Å²) in [7, 11) is 0. The zero-order chi connectivity index (χ0) is 14.0. The molecule has 0 bridgehead atoms. The van der Waals surface area contributed by atoms with Crippen LogP contribution in [0, 0.1) is 13.8 Å². The molecule has 0 aliphatic heterocycles. The fourth-order valence-corrected chi connectivity index (χ4v) is 2.00. The number of benzene rings is 1. The molecule has 1 aromatic heterocycles. The Balaban J connectivity index is 2.36. The third kappa shape index (κ3) is 2.97. The van der Waals surface area contributed by atoms with Gasteiger partial charge in [-0.15, -0.1) is 5.11 Å². The van der Waals surface area contributed by atoms with Crippen molar-refractivity contribution in [3.05, 3.63) is 40.7 Å². The summed E-state index contributed by atoms with van der Waals surface area (Å²) < 4.78 is 1.47. The van der Waals surface area contributed by atoms with Gasteiger partial charge in [-0.2, -0.15) is 10.2 Å². The molecule has 7 heteroatoms. The minimum atomic E-state index is 0.185. The molecule has 0 aliphatic carbocycles. The number of halogens is 1. The number of azo groups is 1. The SMILES string of the molecule is Cc1nn(C(N)=S)c(C)c1N=Nc1cccc(Cl)c1. The maximum Gasteiger partial charge on any atom is 0.191 e. The lowest BCUT2D eigenvalue weighted by atomic mass is 10.3. The molecule has 0 saturated heterocycles. The van der Waals surface area contributed by atoms with Gasteiger partial charge < -0.3 is 5.73 Å². The summed E-state index contributed by atoms with van der Waals surface area (Å²) in [6.45, 7) is 3.67. The maximum atomic E-state index is 5.88. The molecule has 0 fully saturated rings. The van der Waals surface area contributed by atoms with Crippen molar-refractivity contribution in [2.45, 2.75) is 13.8 Å². The number of rotatable bonds is 2. The van der Waals surface area contributed by atoms with E-state index in [0.29, 0.717) is 16.4 Å². The molecule has 5 nitrogen and oxygen atoms in total. The number of aromatic nitrogens is 2. The highest BCUT2D eigenvalue weighted by molar-refractivity contribution is 7.80. The molecule has 0 amide bonds. The van der Waals surface area contributed by atoms with Crippen molar-refractivity contribution in [2.75, 3.05) is 0 Å². The molecule has 98 valence electrons. The third-order valence-electron chi connectivity index (χ3n) is 2.54. The first-order valence-corrected chi connectivity index (χ1v) is 6.31. The Hall–Kier alpha value is -1.79. The van der Waals surface area contributed by atoms with Crippen LogP contribution in [0.15, 0.2) is 34.5 Å². The second kappa shape index (κ2) is 5.46. The fraction of sp³-hybridized carbons (Fsp3) is 0.167. The van der Waals surface area contributed by atoms with E-state index in [1.807, 2.05) is 26.0 Å². The smallest absolute Gasteiger partial charge is 0.191 e. The first kappa shape index (κ1) is 13.6. The highest BCUT2D eigenvalue weighted by Crippen LogP contribution is 2.26. The molecule has 2 rings (SSSR count). The standard InChI is InChI=1S/C12H12ClN5S/c1-7-11(8(2)18(17-7)12(14)19)16-15-10-5-3-4-9(13)6-10/h3-6H,1-2H3,(H2,14,19). The van der Waals surface area contributed by atoms with Crippen molar-refractivity contribution in [3.63, 3.8) is 0 Å². The monoisotopic (exact) mass is 293 g/mol. The van der Waals surface area contributed by atoms with Gasteiger partial charge >= 0.3 is 0 Å². The van der Waals surface area contributed by atoms with Gasteiger partial charge in [0.2, 0.25) is 0 Å². The Kier molecular flexibility index (Phi) is 3.92. The van der Waals surface area contributed by atoms with Gasteiger partial charge in [-0.05, 0) is 44.3 Å². The summed E-state index contributed by atoms with van der Waals surface area (Å²) in [5, 5.41) is 13.3. The molecule has 0 radical (unpaired) electrons. The van der Waals surface area contributed by atoms with Crippen molar-refractivity contribution in [1.82, 2.24) is 9.78 Å². The van der Waals surface area contributed by atoms with Crippen LogP contribution in [0.2, 0.25) is 5.02 Å². The minimum Gasteiger partial charge on any atom is -0.374 e. The number of nitrogens with two attached hydrogens (primary N) is 1. The topological polar surface area (TPSA) is 68.6 Å². The van der Waals surface area contributed by atoms with Crippen LogP contribution in [0.1, 0.15) is 11.4 Å². The Morgan fingerprint density at radius 3 is 2.68 bits per heavy atom. The Labute approximate surface area is 121 Å². The predicted molar refractivity (Wildman–Crippen MR) is 79.5 cm³/mol. The quantitative estimate of drug-likeness (QED) is 0.678. The first-order valence-electron chi connectivity index (χ1n) is 5.52. The second-order valence-electron chi connectivity index (χ2n) is 3.95. The van der Waals surface area contributed by atoms with Crippen molar-refractivity contribution in [2.24, 2.45) is 16.0 Å². The summed E-state index contributed by atoms with van der Waals surface area (Å²) in [4.78, 5) is 0. The van der Waals surface area contributed by atoms with E-state index in [1.165, 1.54) is 4.68 Å². The van der Waals surface area contributed by atoms with Gasteiger partial charge in [0, 0.05) is 5.02 Å². The fourth-order valence-electron chi connectivity index (χ4n) is 1.64. The molecule has 1 aromatic carbocycles. The minimum absolute atomic E-state index is 0.185. The van der Waals surface area contributed by atoms with Crippen molar-refractivity contribution < 1.29 is 0 Å². The lowest BCUT2D eigenvalue weighted by Crippen LogP contribution is -2.21. The molecule has 0 spiro atoms. The average Bonchev–Trinajstić information content (AvgIpc) is 2.63. The van der Waals surface area contributed by atoms with Crippen molar-refractivity contribution in [1.29, 1.82) is 0 Å². The predicted octanol–water partition coefficient (Wildman–Crippen LogP) is 3.66. The van der Waals surface area contributed by atoms with Crippen LogP contribution >= 0.6 is 23.8 Å². The van der Waals surface area contributed by atoms with Crippen LogP contribution in [0.25, 0.3) is 0 Å². The van der Waals surface area contributed by atoms with Gasteiger partial charge in [0.1, 0.15) is 5.69 Å². The largest absolute Gasteiger partial charge is 0.374 e. The van der Waals surface area contributed by atoms with Gasteiger partial charge in [-0.1, -0.05) is 17.7 Å². The van der Waals surface area contributed by atoms with Gasteiger partial charge in [0.25, 0.3) is 0 Å². The van der Waals surface area contributed by atoms with Crippen LogP contribution in [0.4, 0.5) is 11.4 Å². The Morgan fingerprint density at radius 1 is 1.37 bits per heavy atom. The lowest BCUT2D eigenvalue weighted by molar-refractivity contribution is 0.886. The summed E-state index contributed by atoms with van der Waals surface area (Å²) in [5.41, 5.74) is 8.38. The number of thiocarbonyl (C=S) groups is 1. The second-order valence-corrected chi connectivity index (χ2v) is 4.80. The normalized spacial score (nSPS) is 11.1. The maximum absolute atomic E-state index is 5.88. The van der Waals surface area contributed by atoms with E-state index in [1.54, 1.807) is 12.1 Å². The molecule has 0 atom stereocenters. The van der Waals surface area contributed by atoms with E-state index in [-0.39, 0.29) is 5.11 Å². The van der Waals surface area contributed by atoms with Crippen molar-refractivity contribution in [3.8, 4) is 0 Å². The van der Waals surface area contributed by atoms with Crippen LogP contribution in [-0.4, -0.2) is 14.9 Å². The molecule has 0 unspecified atom stereocenters. The number of hydrogen-bond acceptors (Lipinski definition) is 4. The number of aryl methyl sites for hydroxylation is 1. The summed E-state index contributed by atoms with van der Waals surface area (Å²) in [5.74, 6) is 0. The average molecular weight is 294 g/mol. The van der Waals surface area contributed by atoms with Gasteiger partial charge in [-0.3, -0.25) is 0 Å². The molecular formula is C12H12ClN5S. The van der Waals surface area contributed by atoms with E-state index in [2.05, 4.69) is 15.3 Å². The highest BCUT2D eigenvalue weighted by atomic mass is 35.5. The highest BCUT2D eigenvalue weighted by Gasteiger charge is 2.12. The zero-order valence-electron chi connectivity index (χ0n) is 10.5. The van der Waals surface area contributed by atoms with E-state index in [4.69, 9.17) is 29.6 Å². The van der Waals surface area contributed by atoms with Crippen molar-refractivity contribution >= 4 is 40.3 Å². The number of hydrogen-bond donors (Lipinski definition) is 1. The van der Waals surface area contributed by atoms with Crippen LogP contribution in [0.3, 0.4) is 0 Å².